The maximum Gasteiger partial charge on any atom is 0.222 e. The third-order valence-corrected chi connectivity index (χ3v) is 5.79. The van der Waals surface area contributed by atoms with Crippen molar-refractivity contribution in [1.29, 1.82) is 0 Å². The largest absolute Gasteiger partial charge is 0.386 e. The average molecular weight is 436 g/mol. The maximum atomic E-state index is 12.6. The molecule has 1 atom stereocenters. The number of β-amino-alcohol motifs (C(OH)–C–C–N with tert-alkyl or cyclic N) is 1. The lowest BCUT2D eigenvalue weighted by Crippen LogP contribution is -2.54. The van der Waals surface area contributed by atoms with Gasteiger partial charge in [-0.05, 0) is 37.5 Å². The minimum absolute atomic E-state index is 0.0184. The molecule has 0 spiro atoms. The molecule has 9 nitrogen and oxygen atoms in total. The predicted molar refractivity (Wildman–Crippen MR) is 123 cm³/mol. The number of rotatable bonds is 8. The van der Waals surface area contributed by atoms with Crippen molar-refractivity contribution in [3.05, 3.63) is 49.2 Å². The van der Waals surface area contributed by atoms with E-state index in [2.05, 4.69) is 30.2 Å². The molecule has 1 aliphatic rings. The van der Waals surface area contributed by atoms with Gasteiger partial charge in [-0.1, -0.05) is 0 Å². The molecule has 2 N–H and O–H groups in total. The van der Waals surface area contributed by atoms with Crippen molar-refractivity contribution in [2.75, 3.05) is 43.4 Å². The van der Waals surface area contributed by atoms with E-state index in [1.807, 2.05) is 18.3 Å². The van der Waals surface area contributed by atoms with Gasteiger partial charge in [-0.25, -0.2) is 9.97 Å². The molecular weight excluding hydrogens is 406 g/mol. The zero-order valence-corrected chi connectivity index (χ0v) is 18.3. The monoisotopic (exact) mass is 435 g/mol. The molecule has 0 aromatic carbocycles. The van der Waals surface area contributed by atoms with E-state index >= 15 is 0 Å². The molecule has 3 aromatic heterocycles. The molecular formula is C23H29N7O2. The summed E-state index contributed by atoms with van der Waals surface area (Å²) in [5, 5.41) is 15.4. The van der Waals surface area contributed by atoms with E-state index in [-0.39, 0.29) is 5.91 Å². The SMILES string of the molecule is CN(CC1(O)CCCN(c2ccnc3ccncc23)C1)C(=O)CCCNc1ncccn1. The normalized spacial score (nSPS) is 18.5. The molecule has 3 aromatic rings. The van der Waals surface area contributed by atoms with Crippen molar-refractivity contribution < 1.29 is 9.90 Å². The van der Waals surface area contributed by atoms with Gasteiger partial charge in [-0.2, -0.15) is 0 Å². The number of aromatic nitrogens is 4. The first kappa shape index (κ1) is 21.9. The Balaban J connectivity index is 1.32. The van der Waals surface area contributed by atoms with E-state index < -0.39 is 5.60 Å². The summed E-state index contributed by atoms with van der Waals surface area (Å²) in [6, 6.07) is 5.61. The van der Waals surface area contributed by atoms with E-state index in [4.69, 9.17) is 0 Å². The lowest BCUT2D eigenvalue weighted by molar-refractivity contribution is -0.133. The summed E-state index contributed by atoms with van der Waals surface area (Å²) in [7, 11) is 1.76. The Morgan fingerprint density at radius 2 is 2.06 bits per heavy atom. The number of likely N-dealkylation sites (N-methyl/N-ethyl adjacent to an activating group) is 1. The molecule has 1 aliphatic heterocycles. The fourth-order valence-corrected chi connectivity index (χ4v) is 4.25. The highest BCUT2D eigenvalue weighted by Crippen LogP contribution is 2.31. The van der Waals surface area contributed by atoms with Crippen molar-refractivity contribution >= 4 is 28.4 Å². The van der Waals surface area contributed by atoms with Crippen LogP contribution < -0.4 is 10.2 Å². The molecule has 4 rings (SSSR count). The Kier molecular flexibility index (Phi) is 6.75. The van der Waals surface area contributed by atoms with Crippen LogP contribution in [-0.2, 0) is 4.79 Å². The van der Waals surface area contributed by atoms with Crippen LogP contribution in [0.3, 0.4) is 0 Å². The zero-order chi connectivity index (χ0) is 22.4. The summed E-state index contributed by atoms with van der Waals surface area (Å²) in [5.74, 6) is 0.577. The van der Waals surface area contributed by atoms with E-state index in [9.17, 15) is 9.90 Å². The molecule has 0 radical (unpaired) electrons. The first-order valence-corrected chi connectivity index (χ1v) is 10.9. The van der Waals surface area contributed by atoms with Crippen LogP contribution in [0.1, 0.15) is 25.7 Å². The third-order valence-electron chi connectivity index (χ3n) is 5.79. The predicted octanol–water partition coefficient (Wildman–Crippen LogP) is 2.10. The Bertz CT molecular complexity index is 1040. The van der Waals surface area contributed by atoms with Gasteiger partial charge >= 0.3 is 0 Å². The van der Waals surface area contributed by atoms with E-state index in [0.29, 0.717) is 44.8 Å². The number of nitrogens with one attached hydrogen (secondary N) is 1. The Labute approximate surface area is 187 Å². The van der Waals surface area contributed by atoms with Crippen LogP contribution in [0.15, 0.2) is 49.2 Å². The van der Waals surface area contributed by atoms with E-state index in [0.717, 1.165) is 29.6 Å². The summed E-state index contributed by atoms with van der Waals surface area (Å²) in [6.07, 6.45) is 11.3. The second-order valence-corrected chi connectivity index (χ2v) is 8.32. The summed E-state index contributed by atoms with van der Waals surface area (Å²) in [5.41, 5.74) is 0.939. The van der Waals surface area contributed by atoms with Crippen molar-refractivity contribution in [2.24, 2.45) is 0 Å². The number of hydrogen-bond donors (Lipinski definition) is 2. The third kappa shape index (κ3) is 5.28. The highest BCUT2D eigenvalue weighted by molar-refractivity contribution is 5.90. The summed E-state index contributed by atoms with van der Waals surface area (Å²) < 4.78 is 0. The molecule has 1 amide bonds. The topological polar surface area (TPSA) is 107 Å². The number of fused-ring (bicyclic) bond motifs is 1. The van der Waals surface area contributed by atoms with Gasteiger partial charge in [-0.15, -0.1) is 0 Å². The Hall–Kier alpha value is -3.33. The molecule has 1 fully saturated rings. The molecule has 0 bridgehead atoms. The van der Waals surface area contributed by atoms with Crippen LogP contribution in [0.5, 0.6) is 0 Å². The molecule has 168 valence electrons. The number of carbonyl (C=O) groups excluding carboxylic acids is 1. The number of piperidine rings is 1. The maximum absolute atomic E-state index is 12.6. The molecule has 1 unspecified atom stereocenters. The minimum Gasteiger partial charge on any atom is -0.386 e. The minimum atomic E-state index is -0.962. The Morgan fingerprint density at radius 1 is 1.22 bits per heavy atom. The zero-order valence-electron chi connectivity index (χ0n) is 18.3. The summed E-state index contributed by atoms with van der Waals surface area (Å²) >= 11 is 0. The lowest BCUT2D eigenvalue weighted by atomic mass is 9.91. The van der Waals surface area contributed by atoms with Crippen molar-refractivity contribution in [3.63, 3.8) is 0 Å². The average Bonchev–Trinajstić information content (AvgIpc) is 2.81. The van der Waals surface area contributed by atoms with E-state index in [1.54, 1.807) is 42.8 Å². The molecule has 0 saturated carbocycles. The highest BCUT2D eigenvalue weighted by atomic mass is 16.3. The smallest absolute Gasteiger partial charge is 0.222 e. The fraction of sp³-hybridized carbons (Fsp3) is 0.435. The highest BCUT2D eigenvalue weighted by Gasteiger charge is 2.35. The quantitative estimate of drug-likeness (QED) is 0.518. The first-order chi connectivity index (χ1) is 15.5. The second-order valence-electron chi connectivity index (χ2n) is 8.32. The van der Waals surface area contributed by atoms with Crippen LogP contribution in [0.25, 0.3) is 10.9 Å². The number of amides is 1. The Morgan fingerprint density at radius 3 is 2.91 bits per heavy atom. The van der Waals surface area contributed by atoms with Crippen LogP contribution in [0.2, 0.25) is 0 Å². The van der Waals surface area contributed by atoms with Crippen molar-refractivity contribution in [3.8, 4) is 0 Å². The van der Waals surface area contributed by atoms with E-state index in [1.165, 1.54) is 0 Å². The van der Waals surface area contributed by atoms with Crippen molar-refractivity contribution in [1.82, 2.24) is 24.8 Å². The standard InChI is InChI=1S/C23H29N7O2/c1-29(21(31)5-2-9-26-22-27-10-4-11-28-22)16-23(32)8-3-14-30(17-23)20-7-13-25-19-6-12-24-15-18(19)20/h4,6-7,10-13,15,32H,2-3,5,8-9,14,16-17H2,1H3,(H,26,27,28). The van der Waals surface area contributed by atoms with Gasteiger partial charge in [0.2, 0.25) is 11.9 Å². The van der Waals surface area contributed by atoms with Gasteiger partial charge in [0.15, 0.2) is 0 Å². The molecule has 4 heterocycles. The molecule has 0 aliphatic carbocycles. The van der Waals surface area contributed by atoms with Gasteiger partial charge < -0.3 is 20.2 Å². The number of anilines is 2. The van der Waals surface area contributed by atoms with Gasteiger partial charge in [0.05, 0.1) is 17.7 Å². The van der Waals surface area contributed by atoms with Crippen LogP contribution in [0.4, 0.5) is 11.6 Å². The summed E-state index contributed by atoms with van der Waals surface area (Å²) in [4.78, 5) is 33.3. The molecule has 32 heavy (non-hydrogen) atoms. The molecule has 1 saturated heterocycles. The fourth-order valence-electron chi connectivity index (χ4n) is 4.25. The number of carbonyl (C=O) groups is 1. The van der Waals surface area contributed by atoms with Gasteiger partial charge in [0, 0.05) is 75.2 Å². The number of hydrogen-bond acceptors (Lipinski definition) is 8. The van der Waals surface area contributed by atoms with Gasteiger partial charge in [0.1, 0.15) is 0 Å². The van der Waals surface area contributed by atoms with Crippen molar-refractivity contribution in [2.45, 2.75) is 31.3 Å². The number of aliphatic hydroxyl groups is 1. The van der Waals surface area contributed by atoms with Gasteiger partial charge in [-0.3, -0.25) is 14.8 Å². The second kappa shape index (κ2) is 9.86. The number of pyridine rings is 2. The molecule has 9 heteroatoms. The van der Waals surface area contributed by atoms with Gasteiger partial charge in [0.25, 0.3) is 0 Å². The van der Waals surface area contributed by atoms with Crippen LogP contribution >= 0.6 is 0 Å². The first-order valence-electron chi connectivity index (χ1n) is 10.9. The number of nitrogens with zero attached hydrogens (tertiary/aromatic N) is 6. The summed E-state index contributed by atoms with van der Waals surface area (Å²) in [6.45, 7) is 2.23. The van der Waals surface area contributed by atoms with Crippen LogP contribution in [0, 0.1) is 0 Å². The lowest BCUT2D eigenvalue weighted by Gasteiger charge is -2.42. The van der Waals surface area contributed by atoms with Crippen LogP contribution in [-0.4, -0.2) is 74.7 Å².